The van der Waals surface area contributed by atoms with Crippen LogP contribution in [0.3, 0.4) is 0 Å². The van der Waals surface area contributed by atoms with Crippen LogP contribution in [0, 0.1) is 0 Å². The third-order valence-electron chi connectivity index (χ3n) is 13.9. The number of aromatic nitrogens is 1. The number of fused-ring (bicyclic) bond motifs is 11. The summed E-state index contributed by atoms with van der Waals surface area (Å²) in [5.74, 6) is 0. The summed E-state index contributed by atoms with van der Waals surface area (Å²) in [5.41, 5.74) is 12.8. The molecule has 320 valence electrons. The first-order chi connectivity index (χ1) is 33.6. The molecule has 0 atom stereocenters. The van der Waals surface area contributed by atoms with E-state index in [0.29, 0.717) is 0 Å². The molecule has 0 radical (unpaired) electrons. The van der Waals surface area contributed by atoms with Crippen molar-refractivity contribution in [3.63, 3.8) is 0 Å². The fourth-order valence-corrected chi connectivity index (χ4v) is 11.7. The molecule has 0 amide bonds. The molecule has 11 aromatic carbocycles. The van der Waals surface area contributed by atoms with Crippen LogP contribution in [0.4, 0.5) is 17.1 Å². The zero-order valence-corrected chi connectivity index (χ0v) is 38.3. The van der Waals surface area contributed by atoms with E-state index < -0.39 is 0 Å². The monoisotopic (exact) mass is 884 g/mol. The summed E-state index contributed by atoms with van der Waals surface area (Å²) in [4.78, 5) is 3.61. The van der Waals surface area contributed by atoms with Crippen molar-refractivity contribution < 1.29 is 0 Å². The van der Waals surface area contributed by atoms with Gasteiger partial charge in [-0.2, -0.15) is 0 Å². The van der Waals surface area contributed by atoms with Crippen molar-refractivity contribution in [1.29, 1.82) is 0 Å². The van der Waals surface area contributed by atoms with Gasteiger partial charge in [0.1, 0.15) is 0 Å². The van der Waals surface area contributed by atoms with Crippen molar-refractivity contribution in [1.82, 2.24) is 4.57 Å². The van der Waals surface area contributed by atoms with Gasteiger partial charge in [0.05, 0.1) is 16.7 Å². The summed E-state index contributed by atoms with van der Waals surface area (Å²) in [5, 5.41) is 13.8. The van der Waals surface area contributed by atoms with Crippen molar-refractivity contribution in [2.75, 3.05) is 4.90 Å². The Labute approximate surface area is 399 Å². The molecule has 2 aromatic heterocycles. The predicted molar refractivity (Wildman–Crippen MR) is 297 cm³/mol. The van der Waals surface area contributed by atoms with Gasteiger partial charge in [0.25, 0.3) is 0 Å². The molecule has 0 aliphatic carbocycles. The van der Waals surface area contributed by atoms with E-state index in [2.05, 4.69) is 254 Å². The molecule has 13 aromatic rings. The van der Waals surface area contributed by atoms with Crippen LogP contribution < -0.4 is 4.90 Å². The molecule has 0 saturated carbocycles. The first kappa shape index (κ1) is 39.8. The van der Waals surface area contributed by atoms with Crippen LogP contribution in [0.25, 0.3) is 115 Å². The second-order valence-corrected chi connectivity index (χ2v) is 18.7. The van der Waals surface area contributed by atoms with Crippen LogP contribution in [0.1, 0.15) is 17.4 Å². The van der Waals surface area contributed by atoms with Crippen LogP contribution >= 0.6 is 11.3 Å². The Kier molecular flexibility index (Phi) is 9.45. The maximum Gasteiger partial charge on any atom is 0.0541 e. The lowest BCUT2D eigenvalue weighted by Crippen LogP contribution is -2.10. The largest absolute Gasteiger partial charge is 0.310 e. The van der Waals surface area contributed by atoms with Crippen molar-refractivity contribution in [2.45, 2.75) is 6.92 Å². The maximum atomic E-state index is 4.10. The third kappa shape index (κ3) is 6.39. The molecule has 0 N–H and O–H groups in total. The summed E-state index contributed by atoms with van der Waals surface area (Å²) in [6.45, 7) is 6.18. The SMILES string of the molecule is C=Cc1sc2ccc(-c3ccc(N(c4ccc(-c5ccc6c(c5)c5ccccc5n6-c5cccc6ccccc56)cc4)c4ccc5c6ccccc6c6ccccc6c5c4)cc3)cc2c1/C=C\C. The number of hydrogen-bond donors (Lipinski definition) is 0. The van der Waals surface area contributed by atoms with Gasteiger partial charge in [-0.3, -0.25) is 0 Å². The van der Waals surface area contributed by atoms with Gasteiger partial charge in [0.15, 0.2) is 0 Å². The molecule has 2 nitrogen and oxygen atoms in total. The minimum absolute atomic E-state index is 1.09. The highest BCUT2D eigenvalue weighted by Crippen LogP contribution is 2.43. The van der Waals surface area contributed by atoms with Crippen LogP contribution in [-0.2, 0) is 0 Å². The number of hydrogen-bond acceptors (Lipinski definition) is 2. The fourth-order valence-electron chi connectivity index (χ4n) is 10.7. The van der Waals surface area contributed by atoms with E-state index in [1.807, 2.05) is 6.08 Å². The lowest BCUT2D eigenvalue weighted by molar-refractivity contribution is 1.20. The summed E-state index contributed by atoms with van der Waals surface area (Å²) < 4.78 is 3.70. The van der Waals surface area contributed by atoms with E-state index in [1.54, 1.807) is 11.3 Å². The predicted octanol–water partition coefficient (Wildman–Crippen LogP) is 19.1. The Morgan fingerprint density at radius 1 is 0.412 bits per heavy atom. The van der Waals surface area contributed by atoms with E-state index >= 15 is 0 Å². The molecule has 2 heterocycles. The first-order valence-corrected chi connectivity index (χ1v) is 24.1. The fraction of sp³-hybridized carbons (Fsp3) is 0.0154. The molecule has 13 rings (SSSR count). The lowest BCUT2D eigenvalue weighted by Gasteiger charge is -2.27. The molecule has 0 spiro atoms. The number of nitrogens with zero attached hydrogens (tertiary/aromatic N) is 2. The van der Waals surface area contributed by atoms with Gasteiger partial charge in [-0.1, -0.05) is 170 Å². The quantitative estimate of drug-likeness (QED) is 0.138. The third-order valence-corrected chi connectivity index (χ3v) is 15.0. The van der Waals surface area contributed by atoms with Gasteiger partial charge in [-0.05, 0) is 145 Å². The number of allylic oxidation sites excluding steroid dienone is 1. The topological polar surface area (TPSA) is 8.17 Å². The van der Waals surface area contributed by atoms with Crippen LogP contribution in [0.5, 0.6) is 0 Å². The average molecular weight is 885 g/mol. The smallest absolute Gasteiger partial charge is 0.0541 e. The van der Waals surface area contributed by atoms with Gasteiger partial charge in [-0.15, -0.1) is 11.3 Å². The van der Waals surface area contributed by atoms with E-state index in [1.165, 1.54) is 113 Å². The Bertz CT molecular complexity index is 4130. The van der Waals surface area contributed by atoms with E-state index in [9.17, 15) is 0 Å². The van der Waals surface area contributed by atoms with E-state index in [-0.39, 0.29) is 0 Å². The summed E-state index contributed by atoms with van der Waals surface area (Å²) in [6.07, 6.45) is 6.28. The van der Waals surface area contributed by atoms with Gasteiger partial charge >= 0.3 is 0 Å². The lowest BCUT2D eigenvalue weighted by atomic mass is 9.94. The van der Waals surface area contributed by atoms with Crippen molar-refractivity contribution in [3.05, 3.63) is 241 Å². The summed E-state index contributed by atoms with van der Waals surface area (Å²) in [7, 11) is 0. The van der Waals surface area contributed by atoms with Crippen LogP contribution in [-0.4, -0.2) is 4.57 Å². The normalized spacial score (nSPS) is 11.9. The Hall–Kier alpha value is -8.50. The maximum absolute atomic E-state index is 4.10. The summed E-state index contributed by atoms with van der Waals surface area (Å²) >= 11 is 1.79. The van der Waals surface area contributed by atoms with E-state index in [4.69, 9.17) is 0 Å². The zero-order valence-electron chi connectivity index (χ0n) is 37.5. The van der Waals surface area contributed by atoms with Crippen molar-refractivity contribution in [3.8, 4) is 27.9 Å². The van der Waals surface area contributed by atoms with Crippen molar-refractivity contribution in [2.24, 2.45) is 0 Å². The Morgan fingerprint density at radius 2 is 0.926 bits per heavy atom. The highest BCUT2D eigenvalue weighted by atomic mass is 32.1. The molecule has 0 bridgehead atoms. The standard InChI is InChI=1S/C65H44N2S/c1-3-14-57-60-40-46(30-38-65(60)68-64(57)4-2)43-27-33-48(34-28-43)66(49-35-36-55-53-20-8-7-18-51(53)52-19-9-10-21-54(52)58(55)41-49)47-31-25-42(26-32-47)45-29-37-63-59(39-45)56-22-11-12-23-62(56)67(63)61-24-13-16-44-15-5-6-17-50(44)61/h3-41H,2H2,1H3/b14-3-. The Morgan fingerprint density at radius 3 is 1.59 bits per heavy atom. The molecule has 3 heteroatoms. The highest BCUT2D eigenvalue weighted by Gasteiger charge is 2.19. The zero-order chi connectivity index (χ0) is 45.3. The van der Waals surface area contributed by atoms with E-state index in [0.717, 1.165) is 17.1 Å². The van der Waals surface area contributed by atoms with Crippen LogP contribution in [0.2, 0.25) is 0 Å². The minimum Gasteiger partial charge on any atom is -0.310 e. The van der Waals surface area contributed by atoms with Crippen molar-refractivity contribution >= 4 is 116 Å². The average Bonchev–Trinajstić information content (AvgIpc) is 3.93. The number of para-hydroxylation sites is 1. The van der Waals surface area contributed by atoms with Gasteiger partial charge in [-0.25, -0.2) is 0 Å². The molecule has 0 unspecified atom stereocenters. The number of anilines is 3. The minimum atomic E-state index is 1.09. The molecule has 68 heavy (non-hydrogen) atoms. The van der Waals surface area contributed by atoms with Crippen LogP contribution in [0.15, 0.2) is 231 Å². The Balaban J connectivity index is 0.935. The molecular weight excluding hydrogens is 841 g/mol. The van der Waals surface area contributed by atoms with Gasteiger partial charge in [0.2, 0.25) is 0 Å². The molecule has 0 fully saturated rings. The molecule has 0 saturated heterocycles. The molecule has 0 aliphatic rings. The number of thiophene rings is 1. The molecule has 0 aliphatic heterocycles. The second-order valence-electron chi connectivity index (χ2n) is 17.6. The van der Waals surface area contributed by atoms with Gasteiger partial charge in [0, 0.05) is 48.2 Å². The number of rotatable bonds is 8. The number of benzene rings is 11. The second kappa shape index (κ2) is 16.1. The molecular formula is C65H44N2S. The summed E-state index contributed by atoms with van der Waals surface area (Å²) in [6, 6.07) is 80.6. The highest BCUT2D eigenvalue weighted by molar-refractivity contribution is 7.20. The first-order valence-electron chi connectivity index (χ1n) is 23.3. The van der Waals surface area contributed by atoms with Gasteiger partial charge < -0.3 is 9.47 Å².